The van der Waals surface area contributed by atoms with Crippen LogP contribution in [0.4, 0.5) is 5.69 Å². The highest BCUT2D eigenvalue weighted by atomic mass is 35.5. The Hall–Kier alpha value is -0.930. The maximum Gasteiger partial charge on any atom is 0.259 e. The molecule has 0 spiro atoms. The number of rotatable bonds is 0. The van der Waals surface area contributed by atoms with Crippen molar-refractivity contribution in [2.75, 3.05) is 11.9 Å². The quantitative estimate of drug-likeness (QED) is 0.787. The fourth-order valence-electron chi connectivity index (χ4n) is 2.73. The van der Waals surface area contributed by atoms with E-state index in [1.807, 2.05) is 4.90 Å². The van der Waals surface area contributed by atoms with Crippen molar-refractivity contribution in [3.05, 3.63) is 27.7 Å². The van der Waals surface area contributed by atoms with E-state index in [0.29, 0.717) is 15.6 Å². The van der Waals surface area contributed by atoms with E-state index in [1.165, 1.54) is 6.42 Å². The summed E-state index contributed by atoms with van der Waals surface area (Å²) in [5.74, 6) is 0.0253. The second-order valence-electron chi connectivity index (χ2n) is 4.82. The molecule has 2 aliphatic heterocycles. The second kappa shape index (κ2) is 4.63. The Morgan fingerprint density at radius 1 is 1.22 bits per heavy atom. The highest BCUT2D eigenvalue weighted by Crippen LogP contribution is 2.36. The van der Waals surface area contributed by atoms with Crippen molar-refractivity contribution < 1.29 is 4.79 Å². The van der Waals surface area contributed by atoms with Crippen molar-refractivity contribution >= 4 is 34.8 Å². The molecule has 1 atom stereocenters. The average Bonchev–Trinajstić information content (AvgIpc) is 2.53. The smallest absolute Gasteiger partial charge is 0.259 e. The van der Waals surface area contributed by atoms with E-state index < -0.39 is 0 Å². The van der Waals surface area contributed by atoms with Gasteiger partial charge in [-0.25, -0.2) is 0 Å². The highest BCUT2D eigenvalue weighted by Gasteiger charge is 2.34. The van der Waals surface area contributed by atoms with Crippen LogP contribution in [0, 0.1) is 0 Å². The molecule has 1 saturated heterocycles. The molecule has 0 aromatic heterocycles. The molecule has 18 heavy (non-hydrogen) atoms. The third-order valence-electron chi connectivity index (χ3n) is 3.60. The van der Waals surface area contributed by atoms with Crippen molar-refractivity contribution in [3.63, 3.8) is 0 Å². The lowest BCUT2D eigenvalue weighted by Gasteiger charge is -2.37. The van der Waals surface area contributed by atoms with Crippen molar-refractivity contribution in [1.29, 1.82) is 0 Å². The molecular formula is C13H14Cl2N2O. The number of benzene rings is 1. The van der Waals surface area contributed by atoms with Gasteiger partial charge in [-0.15, -0.1) is 0 Å². The van der Waals surface area contributed by atoms with E-state index >= 15 is 0 Å². The lowest BCUT2D eigenvalue weighted by Crippen LogP contribution is -2.48. The summed E-state index contributed by atoms with van der Waals surface area (Å²) in [6.07, 6.45) is 4.44. The first-order valence-corrected chi connectivity index (χ1v) is 6.99. The monoisotopic (exact) mass is 284 g/mol. The van der Waals surface area contributed by atoms with Crippen molar-refractivity contribution in [2.24, 2.45) is 0 Å². The number of amides is 1. The molecule has 96 valence electrons. The summed E-state index contributed by atoms with van der Waals surface area (Å²) in [5, 5.41) is 4.37. The molecule has 1 unspecified atom stereocenters. The average molecular weight is 285 g/mol. The zero-order chi connectivity index (χ0) is 12.7. The van der Waals surface area contributed by atoms with E-state index in [0.717, 1.165) is 31.5 Å². The predicted octanol–water partition coefficient (Wildman–Crippen LogP) is 3.76. The van der Waals surface area contributed by atoms with Crippen LogP contribution < -0.4 is 5.32 Å². The van der Waals surface area contributed by atoms with Crippen LogP contribution >= 0.6 is 23.2 Å². The molecule has 1 aromatic carbocycles. The molecule has 5 heteroatoms. The van der Waals surface area contributed by atoms with Gasteiger partial charge in [0, 0.05) is 11.6 Å². The molecular weight excluding hydrogens is 271 g/mol. The zero-order valence-electron chi connectivity index (χ0n) is 9.88. The molecule has 0 radical (unpaired) electrons. The minimum Gasteiger partial charge on any atom is -0.364 e. The highest BCUT2D eigenvalue weighted by molar-refractivity contribution is 6.37. The lowest BCUT2D eigenvalue weighted by molar-refractivity contribution is 0.0691. The maximum absolute atomic E-state index is 12.5. The van der Waals surface area contributed by atoms with Crippen LogP contribution in [0.3, 0.4) is 0 Å². The van der Waals surface area contributed by atoms with E-state index in [9.17, 15) is 4.79 Å². The first-order chi connectivity index (χ1) is 8.66. The summed E-state index contributed by atoms with van der Waals surface area (Å²) in [6, 6.07) is 3.41. The Morgan fingerprint density at radius 3 is 2.89 bits per heavy atom. The number of fused-ring (bicyclic) bond motifs is 2. The number of anilines is 1. The largest absolute Gasteiger partial charge is 0.364 e. The van der Waals surface area contributed by atoms with E-state index in [-0.39, 0.29) is 12.1 Å². The Bertz CT molecular complexity index is 504. The molecule has 0 saturated carbocycles. The van der Waals surface area contributed by atoms with Gasteiger partial charge >= 0.3 is 0 Å². The van der Waals surface area contributed by atoms with Gasteiger partial charge in [-0.3, -0.25) is 4.79 Å². The summed E-state index contributed by atoms with van der Waals surface area (Å²) in [4.78, 5) is 14.4. The Labute approximate surface area is 116 Å². The van der Waals surface area contributed by atoms with Gasteiger partial charge in [-0.2, -0.15) is 0 Å². The number of carbonyl (C=O) groups excluding carboxylic acids is 1. The van der Waals surface area contributed by atoms with Crippen LogP contribution in [0.5, 0.6) is 0 Å². The third-order valence-corrected chi connectivity index (χ3v) is 4.12. The van der Waals surface area contributed by atoms with Crippen LogP contribution in [-0.2, 0) is 0 Å². The standard InChI is InChI=1S/C13H14Cl2N2O/c14-8-6-9(15)12-10(7-8)16-11-4-2-1-3-5-17(11)13(12)18/h6-7,11,16H,1-5H2. The fourth-order valence-corrected chi connectivity index (χ4v) is 3.30. The molecule has 3 nitrogen and oxygen atoms in total. The number of halogens is 2. The maximum atomic E-state index is 12.5. The normalized spacial score (nSPS) is 22.9. The fraction of sp³-hybridized carbons (Fsp3) is 0.462. The molecule has 2 heterocycles. The molecule has 0 aliphatic carbocycles. The number of carbonyl (C=O) groups is 1. The number of nitrogens with zero attached hydrogens (tertiary/aromatic N) is 1. The predicted molar refractivity (Wildman–Crippen MR) is 73.4 cm³/mol. The Balaban J connectivity index is 2.05. The SMILES string of the molecule is O=C1c2c(Cl)cc(Cl)cc2NC2CCCCCN12. The van der Waals surface area contributed by atoms with Crippen LogP contribution in [-0.4, -0.2) is 23.5 Å². The summed E-state index contributed by atoms with van der Waals surface area (Å²) >= 11 is 12.1. The third kappa shape index (κ3) is 1.95. The van der Waals surface area contributed by atoms with Gasteiger partial charge in [-0.1, -0.05) is 29.6 Å². The van der Waals surface area contributed by atoms with Gasteiger partial charge in [0.15, 0.2) is 0 Å². The molecule has 1 aromatic rings. The topological polar surface area (TPSA) is 32.3 Å². The summed E-state index contributed by atoms with van der Waals surface area (Å²) < 4.78 is 0. The van der Waals surface area contributed by atoms with Crippen LogP contribution in [0.25, 0.3) is 0 Å². The van der Waals surface area contributed by atoms with Crippen LogP contribution in [0.1, 0.15) is 36.0 Å². The van der Waals surface area contributed by atoms with Crippen molar-refractivity contribution in [3.8, 4) is 0 Å². The number of hydrogen-bond donors (Lipinski definition) is 1. The first-order valence-electron chi connectivity index (χ1n) is 6.23. The van der Waals surface area contributed by atoms with Gasteiger partial charge in [0.2, 0.25) is 0 Å². The molecule has 2 aliphatic rings. The molecule has 1 amide bonds. The van der Waals surface area contributed by atoms with E-state index in [1.54, 1.807) is 12.1 Å². The first kappa shape index (κ1) is 12.1. The van der Waals surface area contributed by atoms with Crippen LogP contribution in [0.15, 0.2) is 12.1 Å². The second-order valence-corrected chi connectivity index (χ2v) is 5.66. The van der Waals surface area contributed by atoms with Gasteiger partial charge in [-0.05, 0) is 31.4 Å². The molecule has 1 fully saturated rings. The minimum atomic E-state index is 0.0253. The summed E-state index contributed by atoms with van der Waals surface area (Å²) in [6.45, 7) is 0.800. The Morgan fingerprint density at radius 2 is 2.06 bits per heavy atom. The van der Waals surface area contributed by atoms with E-state index in [2.05, 4.69) is 5.32 Å². The minimum absolute atomic E-state index is 0.0253. The Kier molecular flexibility index (Phi) is 3.12. The van der Waals surface area contributed by atoms with Crippen LogP contribution in [0.2, 0.25) is 10.0 Å². The zero-order valence-corrected chi connectivity index (χ0v) is 11.4. The summed E-state index contributed by atoms with van der Waals surface area (Å²) in [7, 11) is 0. The molecule has 3 rings (SSSR count). The van der Waals surface area contributed by atoms with Gasteiger partial charge in [0.05, 0.1) is 16.3 Å². The van der Waals surface area contributed by atoms with Crippen molar-refractivity contribution in [1.82, 2.24) is 4.90 Å². The lowest BCUT2D eigenvalue weighted by atomic mass is 10.1. The summed E-state index contributed by atoms with van der Waals surface area (Å²) in [5.41, 5.74) is 1.32. The van der Waals surface area contributed by atoms with Crippen molar-refractivity contribution in [2.45, 2.75) is 31.8 Å². The number of hydrogen-bond acceptors (Lipinski definition) is 2. The molecule has 0 bridgehead atoms. The van der Waals surface area contributed by atoms with Gasteiger partial charge < -0.3 is 10.2 Å². The van der Waals surface area contributed by atoms with Gasteiger partial charge in [0.1, 0.15) is 6.17 Å². The number of nitrogens with one attached hydrogen (secondary N) is 1. The van der Waals surface area contributed by atoms with E-state index in [4.69, 9.17) is 23.2 Å². The molecule has 1 N–H and O–H groups in total. The van der Waals surface area contributed by atoms with Gasteiger partial charge in [0.25, 0.3) is 5.91 Å².